The molecule has 6 nitrogen and oxygen atoms in total. The number of pyridine rings is 1. The monoisotopic (exact) mass is 319 g/mol. The fourth-order valence-corrected chi connectivity index (χ4v) is 2.56. The first kappa shape index (κ1) is 17.4. The van der Waals surface area contributed by atoms with Crippen molar-refractivity contribution in [2.45, 2.75) is 26.2 Å². The Morgan fingerprint density at radius 2 is 2.00 bits per heavy atom. The second-order valence-electron chi connectivity index (χ2n) is 5.99. The fraction of sp³-hybridized carbons (Fsp3) is 0.588. The van der Waals surface area contributed by atoms with Gasteiger partial charge >= 0.3 is 0 Å². The minimum Gasteiger partial charge on any atom is -0.385 e. The van der Waals surface area contributed by atoms with Gasteiger partial charge in [-0.2, -0.15) is 0 Å². The molecule has 1 aromatic rings. The molecule has 0 aliphatic carbocycles. The van der Waals surface area contributed by atoms with E-state index in [1.807, 2.05) is 4.90 Å². The van der Waals surface area contributed by atoms with Crippen molar-refractivity contribution in [1.82, 2.24) is 15.2 Å². The molecule has 2 amide bonds. The number of piperidine rings is 1. The van der Waals surface area contributed by atoms with Gasteiger partial charge in [-0.25, -0.2) is 4.98 Å². The number of likely N-dealkylation sites (tertiary alicyclic amines) is 1. The highest BCUT2D eigenvalue weighted by atomic mass is 16.5. The van der Waals surface area contributed by atoms with Gasteiger partial charge in [0, 0.05) is 33.4 Å². The Kier molecular flexibility index (Phi) is 6.52. The highest BCUT2D eigenvalue weighted by molar-refractivity contribution is 5.96. The van der Waals surface area contributed by atoms with Gasteiger partial charge in [-0.1, -0.05) is 13.0 Å². The molecule has 0 saturated carbocycles. The SMILES string of the molecule is COCCCNC(=O)c1cccc(C(=O)N2CCC(C)CC2)n1. The Hall–Kier alpha value is -1.95. The molecule has 0 bridgehead atoms. The van der Waals surface area contributed by atoms with E-state index in [-0.39, 0.29) is 17.5 Å². The zero-order valence-corrected chi connectivity index (χ0v) is 13.9. The number of hydrogen-bond acceptors (Lipinski definition) is 4. The number of rotatable bonds is 6. The van der Waals surface area contributed by atoms with Crippen molar-refractivity contribution in [2.24, 2.45) is 5.92 Å². The minimum atomic E-state index is -0.261. The highest BCUT2D eigenvalue weighted by Gasteiger charge is 2.22. The molecule has 0 unspecified atom stereocenters. The first-order valence-corrected chi connectivity index (χ1v) is 8.15. The minimum absolute atomic E-state index is 0.0917. The molecule has 0 spiro atoms. The fourth-order valence-electron chi connectivity index (χ4n) is 2.56. The van der Waals surface area contributed by atoms with Crippen molar-refractivity contribution in [3.05, 3.63) is 29.6 Å². The maximum absolute atomic E-state index is 12.5. The zero-order chi connectivity index (χ0) is 16.7. The number of carbonyl (C=O) groups is 2. The van der Waals surface area contributed by atoms with Crippen molar-refractivity contribution in [3.8, 4) is 0 Å². The highest BCUT2D eigenvalue weighted by Crippen LogP contribution is 2.17. The van der Waals surface area contributed by atoms with Crippen LogP contribution >= 0.6 is 0 Å². The number of carbonyl (C=O) groups excluding carboxylic acids is 2. The molecule has 2 heterocycles. The number of ether oxygens (including phenoxy) is 1. The van der Waals surface area contributed by atoms with Crippen LogP contribution in [0.4, 0.5) is 0 Å². The smallest absolute Gasteiger partial charge is 0.272 e. The predicted octanol–water partition coefficient (Wildman–Crippen LogP) is 1.72. The Labute approximate surface area is 137 Å². The summed E-state index contributed by atoms with van der Waals surface area (Å²) in [4.78, 5) is 30.6. The molecular formula is C17H25N3O3. The molecular weight excluding hydrogens is 294 g/mol. The van der Waals surface area contributed by atoms with Crippen LogP contribution in [-0.2, 0) is 4.74 Å². The molecule has 2 rings (SSSR count). The van der Waals surface area contributed by atoms with Gasteiger partial charge in [0.25, 0.3) is 11.8 Å². The van der Waals surface area contributed by atoms with E-state index in [0.717, 1.165) is 32.4 Å². The van der Waals surface area contributed by atoms with Crippen LogP contribution in [0.1, 0.15) is 47.2 Å². The van der Waals surface area contributed by atoms with Gasteiger partial charge < -0.3 is 15.0 Å². The molecule has 1 aliphatic heterocycles. The summed E-state index contributed by atoms with van der Waals surface area (Å²) in [5.41, 5.74) is 0.614. The number of aromatic nitrogens is 1. The maximum atomic E-state index is 12.5. The van der Waals surface area contributed by atoms with E-state index in [1.165, 1.54) is 0 Å². The molecule has 1 aromatic heterocycles. The number of nitrogens with one attached hydrogen (secondary N) is 1. The summed E-state index contributed by atoms with van der Waals surface area (Å²) in [6, 6.07) is 5.00. The molecule has 0 atom stereocenters. The Morgan fingerprint density at radius 3 is 2.70 bits per heavy atom. The second kappa shape index (κ2) is 8.62. The lowest BCUT2D eigenvalue weighted by Gasteiger charge is -2.30. The number of nitrogens with zero attached hydrogens (tertiary/aromatic N) is 2. The van der Waals surface area contributed by atoms with Crippen molar-refractivity contribution in [2.75, 3.05) is 33.4 Å². The van der Waals surface area contributed by atoms with Crippen LogP contribution in [0.2, 0.25) is 0 Å². The molecule has 1 N–H and O–H groups in total. The van der Waals surface area contributed by atoms with Crippen molar-refractivity contribution >= 4 is 11.8 Å². The largest absolute Gasteiger partial charge is 0.385 e. The van der Waals surface area contributed by atoms with E-state index >= 15 is 0 Å². The summed E-state index contributed by atoms with van der Waals surface area (Å²) >= 11 is 0. The lowest BCUT2D eigenvalue weighted by Crippen LogP contribution is -2.38. The standard InChI is InChI=1S/C17H25N3O3/c1-13-7-10-20(11-8-13)17(22)15-6-3-5-14(19-15)16(21)18-9-4-12-23-2/h3,5-6,13H,4,7-12H2,1-2H3,(H,18,21). The molecule has 1 aliphatic rings. The van der Waals surface area contributed by atoms with E-state index < -0.39 is 0 Å². The summed E-state index contributed by atoms with van der Waals surface area (Å²) < 4.78 is 4.94. The molecule has 1 fully saturated rings. The Bertz CT molecular complexity index is 540. The summed E-state index contributed by atoms with van der Waals surface area (Å²) in [7, 11) is 1.62. The van der Waals surface area contributed by atoms with Crippen LogP contribution in [0.25, 0.3) is 0 Å². The quantitative estimate of drug-likeness (QED) is 0.811. The van der Waals surface area contributed by atoms with Gasteiger partial charge in [-0.3, -0.25) is 9.59 Å². The zero-order valence-electron chi connectivity index (χ0n) is 13.9. The summed E-state index contributed by atoms with van der Waals surface area (Å²) in [5, 5.41) is 2.78. The molecule has 0 aromatic carbocycles. The first-order valence-electron chi connectivity index (χ1n) is 8.15. The van der Waals surface area contributed by atoms with Gasteiger partial charge in [0.1, 0.15) is 11.4 Å². The predicted molar refractivity (Wildman–Crippen MR) is 87.4 cm³/mol. The molecule has 23 heavy (non-hydrogen) atoms. The van der Waals surface area contributed by atoms with E-state index in [9.17, 15) is 9.59 Å². The normalized spacial score (nSPS) is 15.5. The van der Waals surface area contributed by atoms with Crippen LogP contribution < -0.4 is 5.32 Å². The average Bonchev–Trinajstić information content (AvgIpc) is 2.59. The Morgan fingerprint density at radius 1 is 1.30 bits per heavy atom. The van der Waals surface area contributed by atoms with Gasteiger partial charge in [-0.05, 0) is 37.3 Å². The van der Waals surface area contributed by atoms with Crippen LogP contribution in [-0.4, -0.2) is 55.0 Å². The molecule has 1 saturated heterocycles. The topological polar surface area (TPSA) is 71.5 Å². The molecule has 126 valence electrons. The molecule has 6 heteroatoms. The second-order valence-corrected chi connectivity index (χ2v) is 5.99. The van der Waals surface area contributed by atoms with Gasteiger partial charge in [0.2, 0.25) is 0 Å². The maximum Gasteiger partial charge on any atom is 0.272 e. The summed E-state index contributed by atoms with van der Waals surface area (Å²) in [6.45, 7) is 4.84. The van der Waals surface area contributed by atoms with Crippen molar-refractivity contribution < 1.29 is 14.3 Å². The summed E-state index contributed by atoms with van der Waals surface area (Å²) in [5.74, 6) is 0.310. The molecule has 0 radical (unpaired) electrons. The third kappa shape index (κ3) is 5.03. The number of amides is 2. The van der Waals surface area contributed by atoms with Gasteiger partial charge in [0.15, 0.2) is 0 Å². The van der Waals surface area contributed by atoms with Crippen LogP contribution in [0.3, 0.4) is 0 Å². The summed E-state index contributed by atoms with van der Waals surface area (Å²) in [6.07, 6.45) is 2.78. The number of hydrogen-bond donors (Lipinski definition) is 1. The van der Waals surface area contributed by atoms with Crippen LogP contribution in [0.15, 0.2) is 18.2 Å². The van der Waals surface area contributed by atoms with E-state index in [1.54, 1.807) is 25.3 Å². The van der Waals surface area contributed by atoms with E-state index in [0.29, 0.717) is 24.8 Å². The van der Waals surface area contributed by atoms with Crippen molar-refractivity contribution in [1.29, 1.82) is 0 Å². The van der Waals surface area contributed by atoms with E-state index in [2.05, 4.69) is 17.2 Å². The van der Waals surface area contributed by atoms with E-state index in [4.69, 9.17) is 4.74 Å². The first-order chi connectivity index (χ1) is 11.1. The van der Waals surface area contributed by atoms with Gasteiger partial charge in [-0.15, -0.1) is 0 Å². The lowest BCUT2D eigenvalue weighted by atomic mass is 9.99. The third-order valence-corrected chi connectivity index (χ3v) is 4.08. The average molecular weight is 319 g/mol. The van der Waals surface area contributed by atoms with Crippen molar-refractivity contribution in [3.63, 3.8) is 0 Å². The Balaban J connectivity index is 1.96. The lowest BCUT2D eigenvalue weighted by molar-refractivity contribution is 0.0691. The third-order valence-electron chi connectivity index (χ3n) is 4.08. The number of methoxy groups -OCH3 is 1. The van der Waals surface area contributed by atoms with Gasteiger partial charge in [0.05, 0.1) is 0 Å². The van der Waals surface area contributed by atoms with Crippen LogP contribution in [0.5, 0.6) is 0 Å². The van der Waals surface area contributed by atoms with Crippen LogP contribution in [0, 0.1) is 5.92 Å².